The van der Waals surface area contributed by atoms with Crippen LogP contribution >= 0.6 is 0 Å². The van der Waals surface area contributed by atoms with Gasteiger partial charge in [-0.1, -0.05) is 34.1 Å². The predicted molar refractivity (Wildman–Crippen MR) is 193 cm³/mol. The molecule has 0 bridgehead atoms. The lowest BCUT2D eigenvalue weighted by Gasteiger charge is -2.36. The Balaban J connectivity index is 1.67. The molecule has 1 saturated heterocycles. The molecule has 2 aliphatic rings. The van der Waals surface area contributed by atoms with Crippen molar-refractivity contribution in [2.45, 2.75) is 123 Å². The molecule has 2 fully saturated rings. The van der Waals surface area contributed by atoms with Gasteiger partial charge in [0.2, 0.25) is 17.7 Å². The molecule has 0 unspecified atom stereocenters. The van der Waals surface area contributed by atoms with Crippen molar-refractivity contribution in [3.8, 4) is 11.6 Å². The van der Waals surface area contributed by atoms with Gasteiger partial charge in [-0.25, -0.2) is 18.7 Å². The lowest BCUT2D eigenvalue weighted by molar-refractivity contribution is -0.233. The van der Waals surface area contributed by atoms with Crippen molar-refractivity contribution < 1.29 is 59.2 Å². The summed E-state index contributed by atoms with van der Waals surface area (Å²) in [4.78, 5) is 60.7. The van der Waals surface area contributed by atoms with E-state index in [1.807, 2.05) is 0 Å². The van der Waals surface area contributed by atoms with Gasteiger partial charge in [0.15, 0.2) is 5.60 Å². The predicted octanol–water partition coefficient (Wildman–Crippen LogP) is 4.53. The number of methoxy groups -OCH3 is 1. The van der Waals surface area contributed by atoms with E-state index in [1.165, 1.54) is 22.9 Å². The van der Waals surface area contributed by atoms with Gasteiger partial charge in [-0.3, -0.25) is 14.4 Å². The first-order valence-electron chi connectivity index (χ1n) is 17.7. The van der Waals surface area contributed by atoms with E-state index in [9.17, 15) is 40.8 Å². The summed E-state index contributed by atoms with van der Waals surface area (Å²) in [5.41, 5.74) is -6.83. The molecule has 0 radical (unpaired) electrons. The number of nitrogens with zero attached hydrogens (tertiary/aromatic N) is 2. The second kappa shape index (κ2) is 15.3. The fourth-order valence-corrected chi connectivity index (χ4v) is 7.38. The Labute approximate surface area is 318 Å². The van der Waals surface area contributed by atoms with Crippen molar-refractivity contribution in [3.63, 3.8) is 0 Å². The van der Waals surface area contributed by atoms with Gasteiger partial charge in [-0.15, -0.1) is 0 Å². The first kappa shape index (κ1) is 43.3. The number of benzene rings is 1. The maximum absolute atomic E-state index is 14.4. The molecule has 5 atom stereocenters. The molecule has 306 valence electrons. The summed E-state index contributed by atoms with van der Waals surface area (Å²) < 4.78 is 88.5. The number of alkyl halides is 3. The van der Waals surface area contributed by atoms with Crippen molar-refractivity contribution in [1.29, 1.82) is 0 Å². The van der Waals surface area contributed by atoms with Crippen LogP contribution in [0.1, 0.15) is 81.6 Å². The van der Waals surface area contributed by atoms with Gasteiger partial charge in [0.1, 0.15) is 35.1 Å². The summed E-state index contributed by atoms with van der Waals surface area (Å²) in [5.74, 6) is -2.64. The van der Waals surface area contributed by atoms with Crippen molar-refractivity contribution >= 4 is 44.9 Å². The second-order valence-corrected chi connectivity index (χ2v) is 17.7. The Morgan fingerprint density at radius 2 is 1.69 bits per heavy atom. The van der Waals surface area contributed by atoms with Gasteiger partial charge in [-0.05, 0) is 82.0 Å². The van der Waals surface area contributed by atoms with Gasteiger partial charge >= 0.3 is 22.6 Å². The number of nitrogens with one attached hydrogen (secondary N) is 3. The van der Waals surface area contributed by atoms with Crippen molar-refractivity contribution in [1.82, 2.24) is 25.2 Å². The number of hydrogen-bond acceptors (Lipinski definition) is 11. The van der Waals surface area contributed by atoms with Gasteiger partial charge in [0.25, 0.3) is 5.91 Å². The quantitative estimate of drug-likeness (QED) is 0.273. The van der Waals surface area contributed by atoms with Gasteiger partial charge in [0, 0.05) is 18.0 Å². The summed E-state index contributed by atoms with van der Waals surface area (Å²) >= 11 is 0. The average molecular weight is 802 g/mol. The van der Waals surface area contributed by atoms with E-state index in [2.05, 4.69) is 19.8 Å². The van der Waals surface area contributed by atoms with E-state index >= 15 is 0 Å². The highest BCUT2D eigenvalue weighted by atomic mass is 32.2. The lowest BCUT2D eigenvalue weighted by atomic mass is 9.85. The molecule has 3 N–H and O–H groups in total. The van der Waals surface area contributed by atoms with Gasteiger partial charge in [-0.2, -0.15) is 21.6 Å². The normalized spacial score (nSPS) is 22.4. The third-order valence-corrected chi connectivity index (χ3v) is 10.5. The van der Waals surface area contributed by atoms with E-state index in [1.54, 1.807) is 72.7 Å². The summed E-state index contributed by atoms with van der Waals surface area (Å²) in [5, 5.41) is 6.58. The largest absolute Gasteiger partial charge is 0.497 e. The molecule has 2 heterocycles. The number of likely N-dealkylation sites (tertiary alicyclic amines) is 1. The van der Waals surface area contributed by atoms with E-state index < -0.39 is 86.6 Å². The summed E-state index contributed by atoms with van der Waals surface area (Å²) in [6, 6.07) is 4.44. The van der Waals surface area contributed by atoms with Crippen LogP contribution in [0.25, 0.3) is 10.8 Å². The number of pyridine rings is 1. The molecule has 1 aliphatic carbocycles. The van der Waals surface area contributed by atoms with Crippen LogP contribution in [0, 0.1) is 11.3 Å². The SMILES string of the molecule is CC[C@@H]1C[C@]1(NC(=O)[C@@H]1C[C@@H](Oc2nccc3cc(OC)ccc23)CN1C(=O)[C@@H](NC(=O)OC(C)(C)C)C(C)(C)C)C(=O)NS(=O)(=O)OC(C)(C)C(F)(F)F. The Hall–Kier alpha value is -4.39. The Bertz CT molecular complexity index is 1910. The second-order valence-electron chi connectivity index (χ2n) is 16.4. The van der Waals surface area contributed by atoms with Crippen molar-refractivity contribution in [2.24, 2.45) is 11.3 Å². The van der Waals surface area contributed by atoms with Crippen LogP contribution in [-0.2, 0) is 33.6 Å². The average Bonchev–Trinajstić information content (AvgIpc) is 3.59. The topological polar surface area (TPSA) is 192 Å². The monoisotopic (exact) mass is 801 g/mol. The molecule has 1 aromatic heterocycles. The number of fused-ring (bicyclic) bond motifs is 1. The number of hydrogen-bond donors (Lipinski definition) is 3. The Morgan fingerprint density at radius 3 is 2.24 bits per heavy atom. The zero-order chi connectivity index (χ0) is 41.5. The van der Waals surface area contributed by atoms with Crippen LogP contribution in [0.3, 0.4) is 0 Å². The minimum Gasteiger partial charge on any atom is -0.497 e. The van der Waals surface area contributed by atoms with E-state index in [0.717, 1.165) is 5.39 Å². The van der Waals surface area contributed by atoms with Crippen LogP contribution in [0.15, 0.2) is 30.5 Å². The van der Waals surface area contributed by atoms with Crippen LogP contribution in [0.5, 0.6) is 11.6 Å². The highest BCUT2D eigenvalue weighted by Crippen LogP contribution is 2.47. The number of aromatic nitrogens is 1. The van der Waals surface area contributed by atoms with E-state index in [0.29, 0.717) is 25.0 Å². The molecular weight excluding hydrogens is 751 g/mol. The molecule has 4 rings (SSSR count). The molecule has 1 saturated carbocycles. The molecule has 1 aromatic carbocycles. The molecule has 0 spiro atoms. The van der Waals surface area contributed by atoms with Crippen molar-refractivity contribution in [2.75, 3.05) is 13.7 Å². The maximum Gasteiger partial charge on any atom is 0.418 e. The highest BCUT2D eigenvalue weighted by Gasteiger charge is 2.62. The van der Waals surface area contributed by atoms with Crippen LogP contribution in [0.4, 0.5) is 18.0 Å². The minimum absolute atomic E-state index is 0.0476. The summed E-state index contributed by atoms with van der Waals surface area (Å²) in [6.07, 6.45) is -5.18. The first-order chi connectivity index (χ1) is 25.1. The fourth-order valence-electron chi connectivity index (χ4n) is 6.28. The number of rotatable bonds is 12. The van der Waals surface area contributed by atoms with Gasteiger partial charge in [0.05, 0.1) is 13.7 Å². The van der Waals surface area contributed by atoms with Gasteiger partial charge < -0.3 is 29.7 Å². The standard InChI is InChI=1S/C36H50F3N5O10S/c1-11-21-18-35(21,30(47)43-55(49,50)54-34(8,9)36(37,38)39)42-27(45)25-17-23(52-28-24-13-12-22(51-10)16-20(24)14-15-40-28)19-44(25)29(46)26(32(2,3)4)41-31(48)53-33(5,6)7/h12-16,21,23,25-26H,11,17-19H2,1-10H3,(H,41,48)(H,42,45)(H,43,47)/t21-,23-,25+,26-,35-/m1/s1. The third-order valence-electron chi connectivity index (χ3n) is 9.40. The lowest BCUT2D eigenvalue weighted by Crippen LogP contribution is -2.60. The minimum atomic E-state index is -5.32. The Morgan fingerprint density at radius 1 is 1.04 bits per heavy atom. The molecule has 15 nitrogen and oxygen atoms in total. The highest BCUT2D eigenvalue weighted by molar-refractivity contribution is 7.85. The maximum atomic E-state index is 14.4. The molecule has 1 aliphatic heterocycles. The molecule has 19 heteroatoms. The van der Waals surface area contributed by atoms with Crippen molar-refractivity contribution in [3.05, 3.63) is 30.5 Å². The number of halogens is 3. The molecular formula is C36H50F3N5O10S. The van der Waals surface area contributed by atoms with Crippen LogP contribution in [0.2, 0.25) is 0 Å². The van der Waals surface area contributed by atoms with E-state index in [-0.39, 0.29) is 31.7 Å². The van der Waals surface area contributed by atoms with Crippen LogP contribution < -0.4 is 24.8 Å². The smallest absolute Gasteiger partial charge is 0.418 e. The Kier molecular flexibility index (Phi) is 12.0. The number of alkyl carbamates (subject to hydrolysis) is 1. The fraction of sp³-hybridized carbons (Fsp3) is 0.639. The third kappa shape index (κ3) is 10.1. The summed E-state index contributed by atoms with van der Waals surface area (Å²) in [6.45, 7) is 12.6. The zero-order valence-corrected chi connectivity index (χ0v) is 33.4. The van der Waals surface area contributed by atoms with Crippen LogP contribution in [-0.4, -0.2) is 96.9 Å². The number of amides is 4. The number of carbonyl (C=O) groups excluding carboxylic acids is 4. The summed E-state index contributed by atoms with van der Waals surface area (Å²) in [7, 11) is -3.79. The molecule has 55 heavy (non-hydrogen) atoms. The van der Waals surface area contributed by atoms with E-state index in [4.69, 9.17) is 14.2 Å². The zero-order valence-electron chi connectivity index (χ0n) is 32.5. The number of carbonyl (C=O) groups is 4. The number of ether oxygens (including phenoxy) is 3. The molecule has 2 aromatic rings. The molecule has 4 amide bonds. The first-order valence-corrected chi connectivity index (χ1v) is 19.1.